The van der Waals surface area contributed by atoms with Gasteiger partial charge in [0.2, 0.25) is 0 Å². The molecule has 166 valence electrons. The van der Waals surface area contributed by atoms with Gasteiger partial charge in [0.05, 0.1) is 24.9 Å². The van der Waals surface area contributed by atoms with E-state index < -0.39 is 23.4 Å². The molecule has 1 fully saturated rings. The number of nitrogens with one attached hydrogen (secondary N) is 2. The summed E-state index contributed by atoms with van der Waals surface area (Å²) >= 11 is 0. The number of carbonyl (C=O) groups is 2. The molecule has 1 unspecified atom stereocenters. The number of carbonyl (C=O) groups excluding carboxylic acids is 2. The molecule has 31 heavy (non-hydrogen) atoms. The second-order valence-corrected chi connectivity index (χ2v) is 7.44. The lowest BCUT2D eigenvalue weighted by atomic mass is 10.0. The Morgan fingerprint density at radius 3 is 2.39 bits per heavy atom. The third kappa shape index (κ3) is 5.99. The number of morpholine rings is 1. The molecule has 1 atom stereocenters. The predicted molar refractivity (Wildman–Crippen MR) is 114 cm³/mol. The molecule has 0 bridgehead atoms. The number of amides is 2. The lowest BCUT2D eigenvalue weighted by Gasteiger charge is -2.35. The van der Waals surface area contributed by atoms with Gasteiger partial charge in [-0.25, -0.2) is 8.78 Å². The van der Waals surface area contributed by atoms with Gasteiger partial charge in [-0.1, -0.05) is 12.1 Å². The molecule has 2 amide bonds. The zero-order valence-corrected chi connectivity index (χ0v) is 17.5. The van der Waals surface area contributed by atoms with Gasteiger partial charge < -0.3 is 20.3 Å². The number of halogens is 2. The van der Waals surface area contributed by atoms with Crippen molar-refractivity contribution in [3.63, 3.8) is 0 Å². The highest BCUT2D eigenvalue weighted by Crippen LogP contribution is 2.24. The minimum atomic E-state index is -1.06. The molecule has 0 aliphatic carbocycles. The molecule has 1 heterocycles. The van der Waals surface area contributed by atoms with Crippen LogP contribution in [0.15, 0.2) is 42.5 Å². The Morgan fingerprint density at radius 2 is 1.74 bits per heavy atom. The van der Waals surface area contributed by atoms with E-state index in [-0.39, 0.29) is 18.3 Å². The Morgan fingerprint density at radius 1 is 1.06 bits per heavy atom. The summed E-state index contributed by atoms with van der Waals surface area (Å²) in [7, 11) is 3.91. The molecule has 2 aromatic carbocycles. The maximum Gasteiger partial charge on any atom is 0.313 e. The maximum atomic E-state index is 13.7. The third-order valence-corrected chi connectivity index (χ3v) is 5.12. The largest absolute Gasteiger partial charge is 0.379 e. The van der Waals surface area contributed by atoms with Gasteiger partial charge in [0, 0.05) is 45.5 Å². The molecule has 0 aromatic heterocycles. The number of anilines is 2. The van der Waals surface area contributed by atoms with Gasteiger partial charge in [0.25, 0.3) is 0 Å². The number of rotatable bonds is 6. The Kier molecular flexibility index (Phi) is 7.54. The lowest BCUT2D eigenvalue weighted by molar-refractivity contribution is -0.136. The predicted octanol–water partition coefficient (Wildman–Crippen LogP) is 2.16. The van der Waals surface area contributed by atoms with E-state index >= 15 is 0 Å². The summed E-state index contributed by atoms with van der Waals surface area (Å²) in [6.07, 6.45) is 0. The first-order valence-electron chi connectivity index (χ1n) is 9.98. The monoisotopic (exact) mass is 432 g/mol. The number of nitrogens with zero attached hydrogens (tertiary/aromatic N) is 2. The normalized spacial score (nSPS) is 15.2. The van der Waals surface area contributed by atoms with Crippen molar-refractivity contribution in [2.45, 2.75) is 6.04 Å². The molecule has 1 saturated heterocycles. The van der Waals surface area contributed by atoms with Gasteiger partial charge in [-0.2, -0.15) is 0 Å². The minimum Gasteiger partial charge on any atom is -0.379 e. The van der Waals surface area contributed by atoms with E-state index in [9.17, 15) is 18.4 Å². The molecule has 2 N–H and O–H groups in total. The number of ether oxygens (including phenoxy) is 1. The van der Waals surface area contributed by atoms with Crippen LogP contribution in [-0.4, -0.2) is 63.7 Å². The molecule has 1 aliphatic heterocycles. The van der Waals surface area contributed by atoms with Gasteiger partial charge in [-0.15, -0.1) is 0 Å². The highest BCUT2D eigenvalue weighted by molar-refractivity contribution is 6.39. The van der Waals surface area contributed by atoms with E-state index in [0.29, 0.717) is 26.3 Å². The van der Waals surface area contributed by atoms with E-state index in [1.807, 2.05) is 43.3 Å². The van der Waals surface area contributed by atoms with Crippen molar-refractivity contribution in [2.24, 2.45) is 0 Å². The maximum absolute atomic E-state index is 13.7. The molecule has 1 aliphatic rings. The van der Waals surface area contributed by atoms with Crippen LogP contribution in [0.2, 0.25) is 0 Å². The lowest BCUT2D eigenvalue weighted by Crippen LogP contribution is -2.45. The van der Waals surface area contributed by atoms with Gasteiger partial charge in [0.15, 0.2) is 0 Å². The van der Waals surface area contributed by atoms with E-state index in [4.69, 9.17) is 4.74 Å². The minimum absolute atomic E-state index is 0.164. The molecule has 2 aromatic rings. The van der Waals surface area contributed by atoms with E-state index in [1.54, 1.807) is 0 Å². The van der Waals surface area contributed by atoms with Crippen molar-refractivity contribution in [3.8, 4) is 0 Å². The fourth-order valence-electron chi connectivity index (χ4n) is 3.38. The Labute approximate surface area is 180 Å². The molecule has 9 heteroatoms. The molecule has 0 saturated carbocycles. The third-order valence-electron chi connectivity index (χ3n) is 5.12. The van der Waals surface area contributed by atoms with Crippen molar-refractivity contribution in [1.82, 2.24) is 10.2 Å². The average molecular weight is 432 g/mol. The van der Waals surface area contributed by atoms with Crippen LogP contribution >= 0.6 is 0 Å². The second kappa shape index (κ2) is 10.3. The highest BCUT2D eigenvalue weighted by atomic mass is 19.1. The van der Waals surface area contributed by atoms with Crippen LogP contribution in [-0.2, 0) is 14.3 Å². The van der Waals surface area contributed by atoms with E-state index in [2.05, 4.69) is 15.5 Å². The van der Waals surface area contributed by atoms with E-state index in [0.717, 1.165) is 29.4 Å². The quantitative estimate of drug-likeness (QED) is 0.685. The average Bonchev–Trinajstić information content (AvgIpc) is 2.77. The van der Waals surface area contributed by atoms with Crippen LogP contribution in [0, 0.1) is 11.6 Å². The summed E-state index contributed by atoms with van der Waals surface area (Å²) in [5.41, 5.74) is 1.65. The molecule has 3 rings (SSSR count). The Hall–Kier alpha value is -3.04. The fraction of sp³-hybridized carbons (Fsp3) is 0.364. The van der Waals surface area contributed by atoms with Crippen molar-refractivity contribution >= 4 is 23.2 Å². The Balaban J connectivity index is 1.68. The van der Waals surface area contributed by atoms with Gasteiger partial charge in [-0.05, 0) is 29.8 Å². The number of hydrogen-bond donors (Lipinski definition) is 2. The zero-order chi connectivity index (χ0) is 22.4. The molecule has 7 nitrogen and oxygen atoms in total. The SMILES string of the molecule is CN(C)c1ccc(C(CNC(=O)C(=O)Nc2cc(F)ccc2F)N2CCOCC2)cc1. The van der Waals surface area contributed by atoms with Crippen LogP contribution < -0.4 is 15.5 Å². The first-order valence-corrected chi connectivity index (χ1v) is 9.98. The summed E-state index contributed by atoms with van der Waals surface area (Å²) < 4.78 is 32.4. The summed E-state index contributed by atoms with van der Waals surface area (Å²) in [4.78, 5) is 28.7. The Bertz CT molecular complexity index is 915. The van der Waals surface area contributed by atoms with Gasteiger partial charge in [0.1, 0.15) is 11.6 Å². The fourth-order valence-corrected chi connectivity index (χ4v) is 3.38. The van der Waals surface area contributed by atoms with Crippen molar-refractivity contribution in [1.29, 1.82) is 0 Å². The second-order valence-electron chi connectivity index (χ2n) is 7.44. The van der Waals surface area contributed by atoms with Crippen LogP contribution in [0.3, 0.4) is 0 Å². The summed E-state index contributed by atoms with van der Waals surface area (Å²) in [6.45, 7) is 2.73. The number of benzene rings is 2. The van der Waals surface area contributed by atoms with Gasteiger partial charge >= 0.3 is 11.8 Å². The standard InChI is InChI=1S/C22H26F2N4O3/c1-27(2)17-6-3-15(4-7-17)20(28-9-11-31-12-10-28)14-25-21(29)22(30)26-19-13-16(23)5-8-18(19)24/h3-8,13,20H,9-12,14H2,1-2H3,(H,25,29)(H,26,30). The molecular formula is C22H26F2N4O3. The van der Waals surface area contributed by atoms with Crippen LogP contribution in [0.25, 0.3) is 0 Å². The smallest absolute Gasteiger partial charge is 0.313 e. The molecular weight excluding hydrogens is 406 g/mol. The highest BCUT2D eigenvalue weighted by Gasteiger charge is 2.25. The van der Waals surface area contributed by atoms with E-state index in [1.165, 1.54) is 0 Å². The summed E-state index contributed by atoms with van der Waals surface area (Å²) in [5, 5.41) is 4.72. The number of hydrogen-bond acceptors (Lipinski definition) is 5. The van der Waals surface area contributed by atoms with Crippen LogP contribution in [0.4, 0.5) is 20.2 Å². The summed E-state index contributed by atoms with van der Waals surface area (Å²) in [6, 6.07) is 10.4. The van der Waals surface area contributed by atoms with Gasteiger partial charge in [-0.3, -0.25) is 14.5 Å². The van der Waals surface area contributed by atoms with Crippen molar-refractivity contribution < 1.29 is 23.1 Å². The van der Waals surface area contributed by atoms with Crippen LogP contribution in [0.5, 0.6) is 0 Å². The topological polar surface area (TPSA) is 73.9 Å². The van der Waals surface area contributed by atoms with Crippen molar-refractivity contribution in [3.05, 3.63) is 59.7 Å². The first-order chi connectivity index (χ1) is 14.8. The van der Waals surface area contributed by atoms with Crippen molar-refractivity contribution in [2.75, 3.05) is 57.2 Å². The zero-order valence-electron chi connectivity index (χ0n) is 17.5. The molecule has 0 radical (unpaired) electrons. The first kappa shape index (κ1) is 22.6. The van der Waals surface area contributed by atoms with Crippen LogP contribution in [0.1, 0.15) is 11.6 Å². The summed E-state index contributed by atoms with van der Waals surface area (Å²) in [5.74, 6) is -3.53. The molecule has 0 spiro atoms.